The van der Waals surface area contributed by atoms with Crippen LogP contribution in [0.5, 0.6) is 0 Å². The zero-order chi connectivity index (χ0) is 19.9. The lowest BCUT2D eigenvalue weighted by Gasteiger charge is -2.41. The zero-order valence-corrected chi connectivity index (χ0v) is 16.6. The minimum Gasteiger partial charge on any atom is -0.444 e. The summed E-state index contributed by atoms with van der Waals surface area (Å²) >= 11 is 0. The van der Waals surface area contributed by atoms with Crippen LogP contribution in [0.1, 0.15) is 48.0 Å². The van der Waals surface area contributed by atoms with Gasteiger partial charge >= 0.3 is 12.2 Å². The van der Waals surface area contributed by atoms with Crippen LogP contribution >= 0.6 is 0 Å². The molecule has 26 heavy (non-hydrogen) atoms. The summed E-state index contributed by atoms with van der Waals surface area (Å²) in [4.78, 5) is 40.2. The molecule has 2 aliphatic rings. The standard InChI is InChI=1S/C18H31N3O5/c1-16(2,3)25-14(23)20-8-7-12-9-21(15(24)26-17(4,5)6)11-18(12,10-20)13(19)22/h12H,7-11H2,1-6H3,(H2,19,22). The summed E-state index contributed by atoms with van der Waals surface area (Å²) in [5, 5.41) is 0. The third kappa shape index (κ3) is 4.40. The van der Waals surface area contributed by atoms with Gasteiger partial charge in [0, 0.05) is 26.2 Å². The Morgan fingerprint density at radius 2 is 1.38 bits per heavy atom. The molecule has 3 amide bonds. The molecule has 0 aromatic rings. The first-order chi connectivity index (χ1) is 11.7. The van der Waals surface area contributed by atoms with Gasteiger partial charge in [-0.1, -0.05) is 0 Å². The molecule has 0 spiro atoms. The Morgan fingerprint density at radius 3 is 1.85 bits per heavy atom. The monoisotopic (exact) mass is 369 g/mol. The maximum Gasteiger partial charge on any atom is 0.410 e. The molecule has 2 fully saturated rings. The highest BCUT2D eigenvalue weighted by atomic mass is 16.6. The number of carbonyl (C=O) groups excluding carboxylic acids is 3. The Kier molecular flexibility index (Phi) is 5.18. The fourth-order valence-corrected chi connectivity index (χ4v) is 3.56. The number of nitrogens with two attached hydrogens (primary N) is 1. The topological polar surface area (TPSA) is 102 Å². The first kappa shape index (κ1) is 20.3. The number of hydrogen-bond acceptors (Lipinski definition) is 5. The van der Waals surface area contributed by atoms with Crippen molar-refractivity contribution in [1.82, 2.24) is 9.80 Å². The van der Waals surface area contributed by atoms with Gasteiger partial charge in [-0.2, -0.15) is 0 Å². The van der Waals surface area contributed by atoms with Crippen molar-refractivity contribution >= 4 is 18.1 Å². The maximum atomic E-state index is 12.4. The van der Waals surface area contributed by atoms with Crippen molar-refractivity contribution in [3.8, 4) is 0 Å². The third-order valence-electron chi connectivity index (χ3n) is 4.71. The summed E-state index contributed by atoms with van der Waals surface area (Å²) < 4.78 is 10.8. The van der Waals surface area contributed by atoms with E-state index in [1.807, 2.05) is 0 Å². The van der Waals surface area contributed by atoms with E-state index in [9.17, 15) is 14.4 Å². The van der Waals surface area contributed by atoms with Gasteiger partial charge in [0.15, 0.2) is 0 Å². The first-order valence-electron chi connectivity index (χ1n) is 8.99. The SMILES string of the molecule is CC(C)(C)OC(=O)N1CCC2CN(C(=O)OC(C)(C)C)CC2(C(N)=O)C1. The average molecular weight is 369 g/mol. The molecule has 0 radical (unpaired) electrons. The summed E-state index contributed by atoms with van der Waals surface area (Å²) in [6.07, 6.45) is -0.342. The Balaban J connectivity index is 2.16. The average Bonchev–Trinajstić information content (AvgIpc) is 2.83. The molecular weight excluding hydrogens is 338 g/mol. The molecule has 2 heterocycles. The molecule has 148 valence electrons. The number of piperidine rings is 1. The highest BCUT2D eigenvalue weighted by molar-refractivity contribution is 5.84. The van der Waals surface area contributed by atoms with Gasteiger partial charge in [-0.25, -0.2) is 9.59 Å². The van der Waals surface area contributed by atoms with Crippen molar-refractivity contribution in [1.29, 1.82) is 0 Å². The number of likely N-dealkylation sites (tertiary alicyclic amines) is 2. The van der Waals surface area contributed by atoms with Crippen molar-refractivity contribution in [3.63, 3.8) is 0 Å². The van der Waals surface area contributed by atoms with Crippen LogP contribution in [0.25, 0.3) is 0 Å². The Morgan fingerprint density at radius 1 is 0.923 bits per heavy atom. The number of primary amides is 1. The van der Waals surface area contributed by atoms with Gasteiger partial charge in [0.05, 0.1) is 5.41 Å². The van der Waals surface area contributed by atoms with E-state index >= 15 is 0 Å². The second-order valence-electron chi connectivity index (χ2n) is 9.27. The molecular formula is C18H31N3O5. The smallest absolute Gasteiger partial charge is 0.410 e. The van der Waals surface area contributed by atoms with Crippen molar-refractivity contribution in [3.05, 3.63) is 0 Å². The van der Waals surface area contributed by atoms with Gasteiger partial charge in [0.1, 0.15) is 11.2 Å². The number of nitrogens with zero attached hydrogens (tertiary/aromatic N) is 2. The summed E-state index contributed by atoms with van der Waals surface area (Å²) in [6, 6.07) is 0. The highest BCUT2D eigenvalue weighted by Gasteiger charge is 2.56. The lowest BCUT2D eigenvalue weighted by Crippen LogP contribution is -2.57. The van der Waals surface area contributed by atoms with E-state index in [1.54, 1.807) is 41.5 Å². The lowest BCUT2D eigenvalue weighted by atomic mass is 9.73. The normalized spacial score (nSPS) is 26.3. The minimum atomic E-state index is -0.966. The predicted octanol–water partition coefficient (Wildman–Crippen LogP) is 1.97. The molecule has 8 heteroatoms. The van der Waals surface area contributed by atoms with Crippen LogP contribution in [0.2, 0.25) is 0 Å². The first-order valence-corrected chi connectivity index (χ1v) is 8.99. The van der Waals surface area contributed by atoms with Crippen LogP contribution in [0.3, 0.4) is 0 Å². The Labute approximate surface area is 155 Å². The van der Waals surface area contributed by atoms with E-state index in [-0.39, 0.29) is 19.0 Å². The van der Waals surface area contributed by atoms with Gasteiger partial charge in [-0.3, -0.25) is 4.79 Å². The van der Waals surface area contributed by atoms with E-state index in [1.165, 1.54) is 9.80 Å². The van der Waals surface area contributed by atoms with Crippen LogP contribution in [0.4, 0.5) is 9.59 Å². The molecule has 2 unspecified atom stereocenters. The molecule has 0 aromatic carbocycles. The molecule has 0 saturated carbocycles. The Hall–Kier alpha value is -1.99. The van der Waals surface area contributed by atoms with Crippen molar-refractivity contribution < 1.29 is 23.9 Å². The fraction of sp³-hybridized carbons (Fsp3) is 0.833. The number of hydrogen-bond donors (Lipinski definition) is 1. The molecule has 2 atom stereocenters. The molecule has 2 N–H and O–H groups in total. The van der Waals surface area contributed by atoms with Gasteiger partial charge in [0.25, 0.3) is 0 Å². The van der Waals surface area contributed by atoms with E-state index in [2.05, 4.69) is 0 Å². The van der Waals surface area contributed by atoms with E-state index in [0.717, 1.165) is 0 Å². The largest absolute Gasteiger partial charge is 0.444 e. The van der Waals surface area contributed by atoms with Crippen LogP contribution in [-0.2, 0) is 14.3 Å². The van der Waals surface area contributed by atoms with Gasteiger partial charge in [-0.05, 0) is 53.9 Å². The molecule has 0 aliphatic carbocycles. The van der Waals surface area contributed by atoms with E-state index in [4.69, 9.17) is 15.2 Å². The molecule has 2 rings (SSSR count). The number of rotatable bonds is 1. The van der Waals surface area contributed by atoms with Crippen LogP contribution in [-0.4, -0.2) is 65.3 Å². The minimum absolute atomic E-state index is 0.0915. The number of ether oxygens (including phenoxy) is 2. The fourth-order valence-electron chi connectivity index (χ4n) is 3.56. The second kappa shape index (κ2) is 6.63. The highest BCUT2D eigenvalue weighted by Crippen LogP contribution is 2.42. The van der Waals surface area contributed by atoms with Crippen LogP contribution in [0.15, 0.2) is 0 Å². The van der Waals surface area contributed by atoms with E-state index in [0.29, 0.717) is 19.5 Å². The maximum absolute atomic E-state index is 12.4. The number of amides is 3. The van der Waals surface area contributed by atoms with E-state index < -0.39 is 34.7 Å². The molecule has 0 bridgehead atoms. The third-order valence-corrected chi connectivity index (χ3v) is 4.71. The summed E-state index contributed by atoms with van der Waals surface area (Å²) in [7, 11) is 0. The van der Waals surface area contributed by atoms with Crippen LogP contribution in [0, 0.1) is 11.3 Å². The van der Waals surface area contributed by atoms with Crippen LogP contribution < -0.4 is 5.73 Å². The quantitative estimate of drug-likeness (QED) is 0.761. The summed E-state index contributed by atoms with van der Waals surface area (Å²) in [6.45, 7) is 11.9. The van der Waals surface area contributed by atoms with Gasteiger partial charge in [0.2, 0.25) is 5.91 Å². The molecule has 8 nitrogen and oxygen atoms in total. The van der Waals surface area contributed by atoms with Gasteiger partial charge < -0.3 is 25.0 Å². The molecule has 2 aliphatic heterocycles. The number of carbonyl (C=O) groups is 3. The van der Waals surface area contributed by atoms with Crippen molar-refractivity contribution in [2.24, 2.45) is 17.1 Å². The predicted molar refractivity (Wildman–Crippen MR) is 95.3 cm³/mol. The summed E-state index contributed by atoms with van der Waals surface area (Å²) in [5.41, 5.74) is 3.52. The lowest BCUT2D eigenvalue weighted by molar-refractivity contribution is -0.132. The zero-order valence-electron chi connectivity index (χ0n) is 16.6. The van der Waals surface area contributed by atoms with Crippen molar-refractivity contribution in [2.45, 2.75) is 59.2 Å². The number of fused-ring (bicyclic) bond motifs is 1. The second-order valence-corrected chi connectivity index (χ2v) is 9.27. The molecule has 2 saturated heterocycles. The Bertz CT molecular complexity index is 567. The molecule has 0 aromatic heterocycles. The van der Waals surface area contributed by atoms with Gasteiger partial charge in [-0.15, -0.1) is 0 Å². The van der Waals surface area contributed by atoms with Crippen molar-refractivity contribution in [2.75, 3.05) is 26.2 Å². The summed E-state index contributed by atoms with van der Waals surface area (Å²) in [5.74, 6) is -0.590.